The number of hydrogen-bond donors (Lipinski definition) is 2. The summed E-state index contributed by atoms with van der Waals surface area (Å²) in [6.07, 6.45) is -4.38. The van der Waals surface area contributed by atoms with Gasteiger partial charge in [0.05, 0.1) is 0 Å². The predicted molar refractivity (Wildman–Crippen MR) is 120 cm³/mol. The summed E-state index contributed by atoms with van der Waals surface area (Å²) in [5.41, 5.74) is 2.51. The van der Waals surface area contributed by atoms with Gasteiger partial charge in [0.15, 0.2) is 11.7 Å². The van der Waals surface area contributed by atoms with Gasteiger partial charge in [-0.25, -0.2) is 14.6 Å². The van der Waals surface area contributed by atoms with Crippen LogP contribution >= 0.6 is 11.8 Å². The Morgan fingerprint density at radius 3 is 2.00 bits per heavy atom. The lowest BCUT2D eigenvalue weighted by molar-refractivity contribution is -0.00643. The van der Waals surface area contributed by atoms with Crippen molar-refractivity contribution in [2.75, 3.05) is 6.61 Å². The van der Waals surface area contributed by atoms with Gasteiger partial charge in [-0.05, 0) is 35.0 Å². The summed E-state index contributed by atoms with van der Waals surface area (Å²) in [6, 6.07) is 25.3. The average Bonchev–Trinajstić information content (AvgIpc) is 3.23. The van der Waals surface area contributed by atoms with Gasteiger partial charge in [0.25, 0.3) is 5.22 Å². The van der Waals surface area contributed by atoms with Crippen molar-refractivity contribution < 1.29 is 33.7 Å². The number of carboxylic acid groups (broad SMARTS) is 2. The van der Waals surface area contributed by atoms with E-state index < -0.39 is 29.8 Å². The van der Waals surface area contributed by atoms with Crippen molar-refractivity contribution in [1.29, 1.82) is 0 Å². The first-order chi connectivity index (χ1) is 16.0. The number of thioether (sulfide) groups is 1. The normalized spacial score (nSPS) is 12.2. The molecule has 0 amide bonds. The van der Waals surface area contributed by atoms with E-state index in [0.717, 1.165) is 11.8 Å². The number of fused-ring (bicyclic) bond motifs is 1. The molecule has 4 rings (SSSR count). The molecule has 1 unspecified atom stereocenters. The summed E-state index contributed by atoms with van der Waals surface area (Å²) in [5, 5.41) is 18.9. The second-order valence-electron chi connectivity index (χ2n) is 6.97. The predicted octanol–water partition coefficient (Wildman–Crippen LogP) is 5.62. The molecule has 1 aromatic heterocycles. The van der Waals surface area contributed by atoms with Gasteiger partial charge < -0.3 is 24.1 Å². The van der Waals surface area contributed by atoms with Crippen LogP contribution in [0.15, 0.2) is 94.6 Å². The SMILES string of the molecule is O=C(O)OCC(OC(=O)O)C(Sc1nc2ccccc2o1)(c1ccccc1)c1ccccc1. The number of oxazole rings is 1. The number of ether oxygens (including phenoxy) is 2. The third-order valence-corrected chi connectivity index (χ3v) is 6.39. The second kappa shape index (κ2) is 9.66. The molecule has 0 radical (unpaired) electrons. The van der Waals surface area contributed by atoms with Gasteiger partial charge in [-0.1, -0.05) is 72.8 Å². The Morgan fingerprint density at radius 1 is 0.879 bits per heavy atom. The number of benzene rings is 3. The van der Waals surface area contributed by atoms with Gasteiger partial charge in [0.1, 0.15) is 16.9 Å². The van der Waals surface area contributed by atoms with Gasteiger partial charge in [-0.2, -0.15) is 0 Å². The molecular weight excluding hydrogens is 446 g/mol. The third-order valence-electron chi connectivity index (χ3n) is 4.98. The van der Waals surface area contributed by atoms with Crippen LogP contribution in [0.5, 0.6) is 0 Å². The minimum atomic E-state index is -1.57. The topological polar surface area (TPSA) is 119 Å². The van der Waals surface area contributed by atoms with Gasteiger partial charge in [-0.15, -0.1) is 0 Å². The van der Waals surface area contributed by atoms with E-state index in [0.29, 0.717) is 22.2 Å². The largest absolute Gasteiger partial charge is 0.506 e. The smallest absolute Gasteiger partial charge is 0.450 e. The number of hydrogen-bond acceptors (Lipinski definition) is 7. The fourth-order valence-corrected chi connectivity index (χ4v) is 4.94. The Balaban J connectivity index is 1.94. The van der Waals surface area contributed by atoms with E-state index in [4.69, 9.17) is 19.0 Å². The maximum atomic E-state index is 11.7. The van der Waals surface area contributed by atoms with E-state index in [2.05, 4.69) is 4.98 Å². The molecule has 0 aliphatic carbocycles. The molecule has 2 N–H and O–H groups in total. The van der Waals surface area contributed by atoms with Crippen molar-refractivity contribution in [2.24, 2.45) is 0 Å². The summed E-state index contributed by atoms with van der Waals surface area (Å²) in [5.74, 6) is 0. The summed E-state index contributed by atoms with van der Waals surface area (Å²) < 4.78 is 14.7. The first kappa shape index (κ1) is 22.2. The fraction of sp³-hybridized carbons (Fsp3) is 0.125. The maximum absolute atomic E-state index is 11.7. The second-order valence-corrected chi connectivity index (χ2v) is 8.16. The van der Waals surface area contributed by atoms with Crippen LogP contribution in [0.25, 0.3) is 11.1 Å². The van der Waals surface area contributed by atoms with E-state index in [1.807, 2.05) is 48.5 Å². The first-order valence-electron chi connectivity index (χ1n) is 9.90. The van der Waals surface area contributed by atoms with E-state index in [1.165, 1.54) is 0 Å². The molecule has 0 spiro atoms. The zero-order chi connectivity index (χ0) is 23.3. The molecule has 33 heavy (non-hydrogen) atoms. The molecule has 8 nitrogen and oxygen atoms in total. The minimum Gasteiger partial charge on any atom is -0.450 e. The summed E-state index contributed by atoms with van der Waals surface area (Å²) in [6.45, 7) is -0.543. The van der Waals surface area contributed by atoms with Crippen molar-refractivity contribution in [3.05, 3.63) is 96.1 Å². The molecular formula is C24H19NO7S. The monoisotopic (exact) mass is 465 g/mol. The molecule has 0 bridgehead atoms. The van der Waals surface area contributed by atoms with Crippen molar-refractivity contribution in [3.63, 3.8) is 0 Å². The van der Waals surface area contributed by atoms with Crippen LogP contribution < -0.4 is 0 Å². The zero-order valence-corrected chi connectivity index (χ0v) is 18.0. The lowest BCUT2D eigenvalue weighted by Crippen LogP contribution is -2.44. The Kier molecular flexibility index (Phi) is 6.50. The zero-order valence-electron chi connectivity index (χ0n) is 17.2. The van der Waals surface area contributed by atoms with Gasteiger partial charge >= 0.3 is 12.3 Å². The summed E-state index contributed by atoms with van der Waals surface area (Å²) in [4.78, 5) is 27.4. The molecule has 0 aliphatic heterocycles. The van der Waals surface area contributed by atoms with E-state index in [9.17, 15) is 14.7 Å². The molecule has 3 aromatic carbocycles. The standard InChI is InChI=1S/C24H19NO7S/c26-22(27)30-15-20(32-23(28)29)24(16-9-3-1-4-10-16,17-11-5-2-6-12-17)33-21-25-18-13-7-8-14-19(18)31-21/h1-14,20H,15H2,(H,26,27)(H,28,29). The lowest BCUT2D eigenvalue weighted by atomic mass is 9.85. The van der Waals surface area contributed by atoms with Crippen LogP contribution in [0.2, 0.25) is 0 Å². The lowest BCUT2D eigenvalue weighted by Gasteiger charge is -2.38. The molecule has 1 heterocycles. The van der Waals surface area contributed by atoms with Crippen LogP contribution in [0.4, 0.5) is 9.59 Å². The highest BCUT2D eigenvalue weighted by Gasteiger charge is 2.48. The molecule has 1 atom stereocenters. The Hall–Kier alpha value is -3.98. The highest BCUT2D eigenvalue weighted by atomic mass is 32.2. The summed E-state index contributed by atoms with van der Waals surface area (Å²) >= 11 is 1.13. The minimum absolute atomic E-state index is 0.262. The van der Waals surface area contributed by atoms with Gasteiger partial charge in [0.2, 0.25) is 0 Å². The first-order valence-corrected chi connectivity index (χ1v) is 10.7. The van der Waals surface area contributed by atoms with Crippen molar-refractivity contribution in [1.82, 2.24) is 4.98 Å². The molecule has 0 aliphatic rings. The molecule has 4 aromatic rings. The number of rotatable bonds is 8. The number of aromatic nitrogens is 1. The summed E-state index contributed by atoms with van der Waals surface area (Å²) in [7, 11) is 0. The van der Waals surface area contributed by atoms with Crippen molar-refractivity contribution >= 4 is 35.2 Å². The number of para-hydroxylation sites is 2. The van der Waals surface area contributed by atoms with Crippen LogP contribution in [-0.2, 0) is 14.2 Å². The highest BCUT2D eigenvalue weighted by Crippen LogP contribution is 2.50. The fourth-order valence-electron chi connectivity index (χ4n) is 3.63. The molecule has 0 fully saturated rings. The third kappa shape index (κ3) is 4.78. The van der Waals surface area contributed by atoms with Crippen LogP contribution in [0.1, 0.15) is 11.1 Å². The van der Waals surface area contributed by atoms with E-state index in [-0.39, 0.29) is 5.22 Å². The van der Waals surface area contributed by atoms with Crippen LogP contribution in [-0.4, -0.2) is 40.2 Å². The van der Waals surface area contributed by atoms with E-state index in [1.54, 1.807) is 36.4 Å². The quantitative estimate of drug-likeness (QED) is 0.252. The Labute approximate surface area is 192 Å². The van der Waals surface area contributed by atoms with Crippen LogP contribution in [0.3, 0.4) is 0 Å². The number of nitrogens with zero attached hydrogens (tertiary/aromatic N) is 1. The van der Waals surface area contributed by atoms with Crippen LogP contribution in [0, 0.1) is 0 Å². The molecule has 0 saturated carbocycles. The van der Waals surface area contributed by atoms with E-state index >= 15 is 0 Å². The molecule has 168 valence electrons. The van der Waals surface area contributed by atoms with Gasteiger partial charge in [0, 0.05) is 0 Å². The maximum Gasteiger partial charge on any atom is 0.506 e. The number of carbonyl (C=O) groups is 2. The van der Waals surface area contributed by atoms with Crippen molar-refractivity contribution in [2.45, 2.75) is 16.1 Å². The Morgan fingerprint density at radius 2 is 1.45 bits per heavy atom. The van der Waals surface area contributed by atoms with Crippen molar-refractivity contribution in [3.8, 4) is 0 Å². The highest BCUT2D eigenvalue weighted by molar-refractivity contribution is 8.00. The average molecular weight is 465 g/mol. The Bertz CT molecular complexity index is 1170. The van der Waals surface area contributed by atoms with Gasteiger partial charge in [-0.3, -0.25) is 0 Å². The molecule has 0 saturated heterocycles. The molecule has 9 heteroatoms.